The van der Waals surface area contributed by atoms with E-state index in [0.717, 1.165) is 17.5 Å². The Balaban J connectivity index is 2.07. The summed E-state index contributed by atoms with van der Waals surface area (Å²) in [5, 5.41) is 0. The molecule has 1 aromatic carbocycles. The third kappa shape index (κ3) is 1.24. The van der Waals surface area contributed by atoms with E-state index in [9.17, 15) is 9.59 Å². The summed E-state index contributed by atoms with van der Waals surface area (Å²) in [5.41, 5.74) is 1.63. The molecule has 1 spiro atoms. The molecule has 0 bridgehead atoms. The van der Waals surface area contributed by atoms with Gasteiger partial charge in [0, 0.05) is 25.1 Å². The van der Waals surface area contributed by atoms with Crippen LogP contribution in [-0.4, -0.2) is 37.5 Å². The second-order valence-corrected chi connectivity index (χ2v) is 6.91. The van der Waals surface area contributed by atoms with Gasteiger partial charge in [-0.25, -0.2) is 0 Å². The number of nitrogens with zero attached hydrogens (tertiary/aromatic N) is 1. The summed E-state index contributed by atoms with van der Waals surface area (Å²) >= 11 is 0. The molecule has 2 amide bonds. The summed E-state index contributed by atoms with van der Waals surface area (Å²) in [6.45, 7) is 2.62. The predicted octanol–water partition coefficient (Wildman–Crippen LogP) is 2.24. The molecule has 4 nitrogen and oxygen atoms in total. The number of allylic oxidation sites excluding steroid dienone is 1. The van der Waals surface area contributed by atoms with E-state index in [2.05, 4.69) is 19.1 Å². The molecule has 114 valence electrons. The number of rotatable bonds is 2. The maximum absolute atomic E-state index is 13.2. The number of hydrogen-bond acceptors (Lipinski definition) is 3. The first-order valence-corrected chi connectivity index (χ1v) is 7.60. The Morgan fingerprint density at radius 1 is 1.36 bits per heavy atom. The minimum Gasteiger partial charge on any atom is -0.384 e. The van der Waals surface area contributed by atoms with Gasteiger partial charge < -0.3 is 4.74 Å². The number of amides is 2. The number of carbonyl (C=O) groups is 2. The summed E-state index contributed by atoms with van der Waals surface area (Å²) < 4.78 is 5.43. The highest BCUT2D eigenvalue weighted by molar-refractivity contribution is 6.15. The monoisotopic (exact) mass is 297 g/mol. The standard InChI is InChI=1S/C18H19NO3/c1-17(10-22-3)9-12-8-7-11-5-4-6-13-14(11)18(12,17)16(21)19(2)15(13)20/h4-8,12H,9-10H2,1-3H3/t12?,17-,18+/m1/s1. The van der Waals surface area contributed by atoms with Crippen LogP contribution in [0.15, 0.2) is 24.3 Å². The molecule has 0 saturated heterocycles. The van der Waals surface area contributed by atoms with E-state index >= 15 is 0 Å². The molecule has 22 heavy (non-hydrogen) atoms. The minimum atomic E-state index is -0.660. The smallest absolute Gasteiger partial charge is 0.260 e. The second-order valence-electron chi connectivity index (χ2n) is 6.91. The van der Waals surface area contributed by atoms with E-state index in [1.807, 2.05) is 18.2 Å². The highest BCUT2D eigenvalue weighted by Crippen LogP contribution is 2.66. The quantitative estimate of drug-likeness (QED) is 0.787. The molecular formula is C18H19NO3. The van der Waals surface area contributed by atoms with E-state index in [1.165, 1.54) is 4.90 Å². The lowest BCUT2D eigenvalue weighted by Crippen LogP contribution is -2.72. The van der Waals surface area contributed by atoms with Crippen LogP contribution in [0.3, 0.4) is 0 Å². The van der Waals surface area contributed by atoms with Crippen molar-refractivity contribution in [3.63, 3.8) is 0 Å². The molecule has 4 rings (SSSR count). The highest BCUT2D eigenvalue weighted by Gasteiger charge is 2.71. The van der Waals surface area contributed by atoms with Crippen LogP contribution in [0.5, 0.6) is 0 Å². The molecule has 0 N–H and O–H groups in total. The van der Waals surface area contributed by atoms with Gasteiger partial charge in [0.25, 0.3) is 5.91 Å². The Kier molecular flexibility index (Phi) is 2.54. The van der Waals surface area contributed by atoms with Crippen molar-refractivity contribution in [2.24, 2.45) is 11.3 Å². The molecule has 1 aliphatic heterocycles. The van der Waals surface area contributed by atoms with Gasteiger partial charge in [-0.15, -0.1) is 0 Å². The number of ether oxygens (including phenoxy) is 1. The fourth-order valence-electron chi connectivity index (χ4n) is 4.92. The van der Waals surface area contributed by atoms with Crippen LogP contribution in [-0.2, 0) is 14.9 Å². The van der Waals surface area contributed by atoms with Gasteiger partial charge in [0.15, 0.2) is 0 Å². The summed E-state index contributed by atoms with van der Waals surface area (Å²) in [4.78, 5) is 27.1. The lowest BCUT2D eigenvalue weighted by Gasteiger charge is -2.64. The number of carbonyl (C=O) groups excluding carboxylic acids is 2. The van der Waals surface area contributed by atoms with Gasteiger partial charge in [0.2, 0.25) is 5.91 Å². The highest BCUT2D eigenvalue weighted by atomic mass is 16.5. The first kappa shape index (κ1) is 13.7. The van der Waals surface area contributed by atoms with Gasteiger partial charge in [0.05, 0.1) is 12.0 Å². The van der Waals surface area contributed by atoms with Crippen molar-refractivity contribution in [2.75, 3.05) is 20.8 Å². The van der Waals surface area contributed by atoms with Gasteiger partial charge in [0.1, 0.15) is 0 Å². The lowest BCUT2D eigenvalue weighted by atomic mass is 9.39. The summed E-state index contributed by atoms with van der Waals surface area (Å²) in [7, 11) is 3.26. The maximum atomic E-state index is 13.2. The molecule has 0 aromatic heterocycles. The van der Waals surface area contributed by atoms with Crippen LogP contribution >= 0.6 is 0 Å². The third-order valence-electron chi connectivity index (χ3n) is 5.82. The second kappa shape index (κ2) is 4.07. The molecule has 1 unspecified atom stereocenters. The van der Waals surface area contributed by atoms with Crippen LogP contribution < -0.4 is 0 Å². The fraction of sp³-hybridized carbons (Fsp3) is 0.444. The average molecular weight is 297 g/mol. The van der Waals surface area contributed by atoms with Crippen molar-refractivity contribution in [1.29, 1.82) is 0 Å². The van der Waals surface area contributed by atoms with E-state index in [4.69, 9.17) is 4.74 Å². The number of hydrogen-bond donors (Lipinski definition) is 0. The molecule has 3 aliphatic rings. The largest absolute Gasteiger partial charge is 0.384 e. The van der Waals surface area contributed by atoms with Crippen LogP contribution in [0.1, 0.15) is 34.8 Å². The summed E-state index contributed by atoms with van der Waals surface area (Å²) in [6.07, 6.45) is 5.09. The molecule has 4 heteroatoms. The van der Waals surface area contributed by atoms with Gasteiger partial charge in [-0.1, -0.05) is 31.2 Å². The maximum Gasteiger partial charge on any atom is 0.260 e. The van der Waals surface area contributed by atoms with E-state index in [0.29, 0.717) is 12.2 Å². The van der Waals surface area contributed by atoms with Crippen molar-refractivity contribution in [2.45, 2.75) is 18.8 Å². The van der Waals surface area contributed by atoms with Crippen LogP contribution in [0.4, 0.5) is 0 Å². The molecule has 1 aromatic rings. The van der Waals surface area contributed by atoms with Gasteiger partial charge in [-0.05, 0) is 29.5 Å². The Morgan fingerprint density at radius 2 is 2.14 bits per heavy atom. The molecule has 0 radical (unpaired) electrons. The zero-order valence-corrected chi connectivity index (χ0v) is 13.1. The molecule has 2 aliphatic carbocycles. The van der Waals surface area contributed by atoms with Crippen molar-refractivity contribution in [3.05, 3.63) is 41.0 Å². The van der Waals surface area contributed by atoms with Crippen molar-refractivity contribution in [3.8, 4) is 0 Å². The number of benzene rings is 1. The third-order valence-corrected chi connectivity index (χ3v) is 5.82. The number of methoxy groups -OCH3 is 1. The van der Waals surface area contributed by atoms with E-state index in [-0.39, 0.29) is 23.1 Å². The van der Waals surface area contributed by atoms with Crippen molar-refractivity contribution >= 4 is 17.9 Å². The summed E-state index contributed by atoms with van der Waals surface area (Å²) in [6, 6.07) is 5.72. The first-order chi connectivity index (χ1) is 10.5. The van der Waals surface area contributed by atoms with Gasteiger partial charge >= 0.3 is 0 Å². The molecule has 1 saturated carbocycles. The normalized spacial score (nSPS) is 35.0. The van der Waals surface area contributed by atoms with E-state index < -0.39 is 5.41 Å². The SMILES string of the molecule is COC[C@@]1(C)CC2C=Cc3cccc4c3[C@]21C(=O)N(C)C4=O. The fourth-order valence-corrected chi connectivity index (χ4v) is 4.92. The van der Waals surface area contributed by atoms with Gasteiger partial charge in [-0.2, -0.15) is 0 Å². The Labute approximate surface area is 129 Å². The lowest BCUT2D eigenvalue weighted by molar-refractivity contribution is -0.162. The number of imide groups is 1. The predicted molar refractivity (Wildman–Crippen MR) is 82.3 cm³/mol. The topological polar surface area (TPSA) is 46.6 Å². The van der Waals surface area contributed by atoms with E-state index in [1.54, 1.807) is 14.2 Å². The molecule has 3 atom stereocenters. The Morgan fingerprint density at radius 3 is 2.86 bits per heavy atom. The average Bonchev–Trinajstić information content (AvgIpc) is 2.50. The van der Waals surface area contributed by atoms with Gasteiger partial charge in [-0.3, -0.25) is 14.5 Å². The molecule has 1 heterocycles. The summed E-state index contributed by atoms with van der Waals surface area (Å²) in [5.74, 6) is -0.143. The Hall–Kier alpha value is -1.94. The zero-order chi connectivity index (χ0) is 15.7. The first-order valence-electron chi connectivity index (χ1n) is 7.60. The zero-order valence-electron chi connectivity index (χ0n) is 13.1. The van der Waals surface area contributed by atoms with Crippen LogP contribution in [0.2, 0.25) is 0 Å². The van der Waals surface area contributed by atoms with Crippen molar-refractivity contribution in [1.82, 2.24) is 4.90 Å². The minimum absolute atomic E-state index is 0.0856. The molecular weight excluding hydrogens is 278 g/mol. The Bertz CT molecular complexity index is 738. The molecule has 1 fully saturated rings. The van der Waals surface area contributed by atoms with Crippen LogP contribution in [0.25, 0.3) is 6.08 Å². The number of likely N-dealkylation sites (N-methyl/N-ethyl adjacent to an activating group) is 1. The van der Waals surface area contributed by atoms with Crippen LogP contribution in [0, 0.1) is 11.3 Å². The van der Waals surface area contributed by atoms with Crippen molar-refractivity contribution < 1.29 is 14.3 Å².